The molecule has 0 unspecified atom stereocenters. The molecule has 0 spiro atoms. The highest BCUT2D eigenvalue weighted by Gasteiger charge is 2.25. The van der Waals surface area contributed by atoms with Crippen LogP contribution in [0.5, 0.6) is 0 Å². The summed E-state index contributed by atoms with van der Waals surface area (Å²) in [7, 11) is -2.31. The van der Waals surface area contributed by atoms with Gasteiger partial charge in [0.05, 0.1) is 5.69 Å². The third kappa shape index (κ3) is 2.61. The topological polar surface area (TPSA) is 116 Å². The fourth-order valence-electron chi connectivity index (χ4n) is 1.50. The maximum absolute atomic E-state index is 12.2. The zero-order valence-electron chi connectivity index (χ0n) is 10.1. The minimum atomic E-state index is -3.91. The van der Waals surface area contributed by atoms with Crippen LogP contribution < -0.4 is 10.5 Å². The quantitative estimate of drug-likeness (QED) is 0.800. The first kappa shape index (κ1) is 13.6. The zero-order chi connectivity index (χ0) is 14.2. The van der Waals surface area contributed by atoms with Crippen molar-refractivity contribution in [1.82, 2.24) is 19.7 Å². The summed E-state index contributed by atoms with van der Waals surface area (Å²) in [6.07, 6.45) is 1.34. The van der Waals surface area contributed by atoms with Crippen molar-refractivity contribution in [3.8, 4) is 0 Å². The molecule has 0 aliphatic rings. The fourth-order valence-corrected chi connectivity index (χ4v) is 2.92. The van der Waals surface area contributed by atoms with Crippen LogP contribution in [0, 0.1) is 6.92 Å². The van der Waals surface area contributed by atoms with Gasteiger partial charge < -0.3 is 5.73 Å². The molecule has 102 valence electrons. The second-order valence-electron chi connectivity index (χ2n) is 3.73. The van der Waals surface area contributed by atoms with Gasteiger partial charge in [0.1, 0.15) is 5.15 Å². The third-order valence-corrected chi connectivity index (χ3v) is 4.12. The van der Waals surface area contributed by atoms with Gasteiger partial charge in [-0.05, 0) is 13.0 Å². The van der Waals surface area contributed by atoms with Gasteiger partial charge >= 0.3 is 0 Å². The van der Waals surface area contributed by atoms with Gasteiger partial charge in [-0.2, -0.15) is 5.10 Å². The van der Waals surface area contributed by atoms with Crippen LogP contribution in [0.25, 0.3) is 0 Å². The highest BCUT2D eigenvalue weighted by Crippen LogP contribution is 2.23. The van der Waals surface area contributed by atoms with Gasteiger partial charge in [0.2, 0.25) is 5.95 Å². The van der Waals surface area contributed by atoms with Crippen LogP contribution in [-0.4, -0.2) is 28.2 Å². The smallest absolute Gasteiger partial charge is 0.269 e. The number of nitrogens with one attached hydrogen (secondary N) is 1. The van der Waals surface area contributed by atoms with Crippen LogP contribution in [0.1, 0.15) is 5.69 Å². The lowest BCUT2D eigenvalue weighted by molar-refractivity contribution is 0.600. The van der Waals surface area contributed by atoms with Crippen LogP contribution in [0.15, 0.2) is 17.2 Å². The highest BCUT2D eigenvalue weighted by atomic mass is 35.5. The monoisotopic (exact) mass is 302 g/mol. The van der Waals surface area contributed by atoms with Gasteiger partial charge in [-0.15, -0.1) is 0 Å². The van der Waals surface area contributed by atoms with Crippen molar-refractivity contribution < 1.29 is 8.42 Å². The van der Waals surface area contributed by atoms with Crippen LogP contribution >= 0.6 is 11.6 Å². The normalized spacial score (nSPS) is 11.5. The fraction of sp³-hybridized carbons (Fsp3) is 0.222. The Labute approximate surface area is 114 Å². The standard InChI is InChI=1S/C9H11ClN6O2S/c1-5-7(8(11)14-16(5)2)19(17,18)15-9-12-4-3-6(10)13-9/h3-4H,1-2H3,(H2,11,14)(H,12,13,15). The molecule has 0 radical (unpaired) electrons. The molecule has 0 atom stereocenters. The van der Waals surface area contributed by atoms with Crippen molar-refractivity contribution in [2.45, 2.75) is 11.8 Å². The predicted octanol–water partition coefficient (Wildman–Crippen LogP) is 0.555. The van der Waals surface area contributed by atoms with Gasteiger partial charge in [0.15, 0.2) is 10.7 Å². The zero-order valence-corrected chi connectivity index (χ0v) is 11.7. The Morgan fingerprint density at radius 1 is 1.47 bits per heavy atom. The second kappa shape index (κ2) is 4.67. The van der Waals surface area contributed by atoms with E-state index in [4.69, 9.17) is 17.3 Å². The molecule has 10 heteroatoms. The molecule has 8 nitrogen and oxygen atoms in total. The lowest BCUT2D eigenvalue weighted by atomic mass is 10.5. The molecule has 0 aromatic carbocycles. The molecule has 3 N–H and O–H groups in total. The van der Waals surface area contributed by atoms with Crippen LogP contribution in [-0.2, 0) is 17.1 Å². The Hall–Kier alpha value is -1.87. The van der Waals surface area contributed by atoms with Crippen molar-refractivity contribution in [2.24, 2.45) is 7.05 Å². The molecule has 19 heavy (non-hydrogen) atoms. The number of nitrogens with two attached hydrogens (primary N) is 1. The summed E-state index contributed by atoms with van der Waals surface area (Å²) in [5.74, 6) is -0.218. The average molecular weight is 303 g/mol. The largest absolute Gasteiger partial charge is 0.381 e. The molecule has 2 aromatic heterocycles. The number of hydrogen-bond donors (Lipinski definition) is 2. The predicted molar refractivity (Wildman–Crippen MR) is 70.2 cm³/mol. The number of halogens is 1. The Balaban J connectivity index is 2.44. The lowest BCUT2D eigenvalue weighted by Gasteiger charge is -2.06. The molecule has 0 bridgehead atoms. The van der Waals surface area contributed by atoms with E-state index >= 15 is 0 Å². The highest BCUT2D eigenvalue weighted by molar-refractivity contribution is 7.93. The number of aromatic nitrogens is 4. The molecule has 0 saturated heterocycles. The number of nitrogens with zero attached hydrogens (tertiary/aromatic N) is 4. The Morgan fingerprint density at radius 2 is 2.16 bits per heavy atom. The SMILES string of the molecule is Cc1c(S(=O)(=O)Nc2nccc(Cl)n2)c(N)nn1C. The molecule has 2 heterocycles. The van der Waals surface area contributed by atoms with Gasteiger partial charge in [-0.3, -0.25) is 4.68 Å². The van der Waals surface area contributed by atoms with Crippen molar-refractivity contribution in [1.29, 1.82) is 0 Å². The summed E-state index contributed by atoms with van der Waals surface area (Å²) < 4.78 is 28.0. The molecule has 0 aliphatic heterocycles. The van der Waals surface area contributed by atoms with E-state index in [1.807, 2.05) is 0 Å². The Bertz CT molecular complexity index is 726. The van der Waals surface area contributed by atoms with Crippen LogP contribution in [0.4, 0.5) is 11.8 Å². The van der Waals surface area contributed by atoms with Crippen LogP contribution in [0.2, 0.25) is 5.15 Å². The summed E-state index contributed by atoms with van der Waals surface area (Å²) in [4.78, 5) is 7.41. The van der Waals surface area contributed by atoms with E-state index in [1.54, 1.807) is 14.0 Å². The molecule has 0 fully saturated rings. The van der Waals surface area contributed by atoms with Crippen LogP contribution in [0.3, 0.4) is 0 Å². The summed E-state index contributed by atoms with van der Waals surface area (Å²) in [5, 5.41) is 3.97. The maximum atomic E-state index is 12.2. The summed E-state index contributed by atoms with van der Waals surface area (Å²) in [6.45, 7) is 1.59. The summed E-state index contributed by atoms with van der Waals surface area (Å²) in [6, 6.07) is 1.43. The Morgan fingerprint density at radius 3 is 2.68 bits per heavy atom. The number of aryl methyl sites for hydroxylation is 1. The maximum Gasteiger partial charge on any atom is 0.269 e. The molecule has 2 rings (SSSR count). The molecular formula is C9H11ClN6O2S. The first-order chi connectivity index (χ1) is 8.81. The summed E-state index contributed by atoms with van der Waals surface area (Å²) in [5.41, 5.74) is 6.00. The summed E-state index contributed by atoms with van der Waals surface area (Å²) >= 11 is 5.66. The van der Waals surface area contributed by atoms with Crippen molar-refractivity contribution in [3.63, 3.8) is 0 Å². The third-order valence-electron chi connectivity index (χ3n) is 2.42. The van der Waals surface area contributed by atoms with Crippen molar-refractivity contribution in [3.05, 3.63) is 23.1 Å². The number of hydrogen-bond acceptors (Lipinski definition) is 6. The average Bonchev–Trinajstić information content (AvgIpc) is 2.52. The molecule has 0 saturated carbocycles. The molecular weight excluding hydrogens is 292 g/mol. The first-order valence-corrected chi connectivity index (χ1v) is 6.98. The Kier molecular flexibility index (Phi) is 3.33. The molecule has 2 aromatic rings. The lowest BCUT2D eigenvalue weighted by Crippen LogP contribution is -2.17. The van der Waals surface area contributed by atoms with Gasteiger partial charge in [0.25, 0.3) is 10.0 Å². The minimum Gasteiger partial charge on any atom is -0.381 e. The van der Waals surface area contributed by atoms with Crippen molar-refractivity contribution >= 4 is 33.4 Å². The first-order valence-electron chi connectivity index (χ1n) is 5.11. The number of nitrogen functional groups attached to an aromatic ring is 1. The van der Waals surface area contributed by atoms with E-state index in [1.165, 1.54) is 16.9 Å². The van der Waals surface area contributed by atoms with Crippen molar-refractivity contribution in [2.75, 3.05) is 10.5 Å². The van der Waals surface area contributed by atoms with E-state index in [-0.39, 0.29) is 21.8 Å². The molecule has 0 aliphatic carbocycles. The minimum absolute atomic E-state index is 0.0884. The number of anilines is 2. The van der Waals surface area contributed by atoms with E-state index in [0.717, 1.165) is 0 Å². The van der Waals surface area contributed by atoms with E-state index in [2.05, 4.69) is 19.8 Å². The second-order valence-corrected chi connectivity index (χ2v) is 5.74. The van der Waals surface area contributed by atoms with Gasteiger partial charge in [-0.25, -0.2) is 23.1 Å². The number of rotatable bonds is 3. The van der Waals surface area contributed by atoms with E-state index in [9.17, 15) is 8.42 Å². The number of sulfonamides is 1. The van der Waals surface area contributed by atoms with Gasteiger partial charge in [0, 0.05) is 13.2 Å². The van der Waals surface area contributed by atoms with E-state index in [0.29, 0.717) is 5.69 Å². The van der Waals surface area contributed by atoms with E-state index < -0.39 is 10.0 Å². The molecule has 0 amide bonds. The van der Waals surface area contributed by atoms with Gasteiger partial charge in [-0.1, -0.05) is 11.6 Å².